The maximum Gasteiger partial charge on any atom is 0.224 e. The number of rotatable bonds is 7. The van der Waals surface area contributed by atoms with Gasteiger partial charge in [-0.25, -0.2) is 0 Å². The minimum absolute atomic E-state index is 0.0374. The molecule has 0 aliphatic carbocycles. The Bertz CT molecular complexity index is 690. The van der Waals surface area contributed by atoms with Gasteiger partial charge in [0.1, 0.15) is 12.4 Å². The largest absolute Gasteiger partial charge is 0.489 e. The number of carbonyl (C=O) groups is 1. The van der Waals surface area contributed by atoms with Crippen LogP contribution in [-0.2, 0) is 17.8 Å². The van der Waals surface area contributed by atoms with Gasteiger partial charge in [-0.05, 0) is 49.6 Å². The Morgan fingerprint density at radius 3 is 2.62 bits per heavy atom. The fourth-order valence-electron chi connectivity index (χ4n) is 2.25. The van der Waals surface area contributed by atoms with Crippen LogP contribution in [0.25, 0.3) is 0 Å². The second-order valence-electron chi connectivity index (χ2n) is 6.80. The molecule has 0 aliphatic rings. The molecule has 0 aliphatic heterocycles. The molecule has 128 valence electrons. The molecule has 4 nitrogen and oxygen atoms in total. The van der Waals surface area contributed by atoms with Gasteiger partial charge >= 0.3 is 0 Å². The standard InChI is InChI=1S/C20H26N2O2/c1-15-7-4-5-9-17(15)13-24-18-10-6-8-16(11-18)12-19(23)22-14-20(2,3)21/h4-11H,12-14,21H2,1-3H3,(H,22,23). The molecule has 0 atom stereocenters. The number of ether oxygens (including phenoxy) is 1. The number of aryl methyl sites for hydroxylation is 1. The van der Waals surface area contributed by atoms with E-state index in [1.807, 2.05) is 50.2 Å². The molecule has 0 fully saturated rings. The molecule has 0 heterocycles. The zero-order chi connectivity index (χ0) is 17.6. The SMILES string of the molecule is Cc1ccccc1COc1cccc(CC(=O)NCC(C)(C)N)c1. The van der Waals surface area contributed by atoms with Gasteiger partial charge in [-0.2, -0.15) is 0 Å². The van der Waals surface area contributed by atoms with E-state index in [2.05, 4.69) is 24.4 Å². The molecule has 4 heteroatoms. The monoisotopic (exact) mass is 326 g/mol. The van der Waals surface area contributed by atoms with Gasteiger partial charge in [-0.1, -0.05) is 36.4 Å². The van der Waals surface area contributed by atoms with E-state index in [1.165, 1.54) is 5.56 Å². The Morgan fingerprint density at radius 2 is 1.92 bits per heavy atom. The van der Waals surface area contributed by atoms with Crippen LogP contribution in [0, 0.1) is 6.92 Å². The molecule has 2 aromatic carbocycles. The molecule has 3 N–H and O–H groups in total. The fourth-order valence-corrected chi connectivity index (χ4v) is 2.25. The Kier molecular flexibility index (Phi) is 5.99. The normalized spacial score (nSPS) is 11.2. The van der Waals surface area contributed by atoms with Crippen LogP contribution in [0.1, 0.15) is 30.5 Å². The van der Waals surface area contributed by atoms with Crippen LogP contribution in [0.15, 0.2) is 48.5 Å². The number of hydrogen-bond acceptors (Lipinski definition) is 3. The smallest absolute Gasteiger partial charge is 0.224 e. The first-order valence-electron chi connectivity index (χ1n) is 8.15. The summed E-state index contributed by atoms with van der Waals surface area (Å²) in [6, 6.07) is 15.8. The first kappa shape index (κ1) is 18.0. The average Bonchev–Trinajstić information content (AvgIpc) is 2.52. The van der Waals surface area contributed by atoms with Crippen molar-refractivity contribution in [2.75, 3.05) is 6.54 Å². The van der Waals surface area contributed by atoms with Gasteiger partial charge in [0.25, 0.3) is 0 Å². The van der Waals surface area contributed by atoms with Crippen LogP contribution in [0.3, 0.4) is 0 Å². The first-order valence-corrected chi connectivity index (χ1v) is 8.15. The number of benzene rings is 2. The summed E-state index contributed by atoms with van der Waals surface area (Å²) in [6.07, 6.45) is 0.317. The van der Waals surface area contributed by atoms with E-state index in [9.17, 15) is 4.79 Å². The zero-order valence-electron chi connectivity index (χ0n) is 14.6. The predicted molar refractivity (Wildman–Crippen MR) is 96.9 cm³/mol. The number of amides is 1. The fraction of sp³-hybridized carbons (Fsp3) is 0.350. The van der Waals surface area contributed by atoms with Crippen molar-refractivity contribution in [2.24, 2.45) is 5.73 Å². The summed E-state index contributed by atoms with van der Waals surface area (Å²) >= 11 is 0. The third-order valence-corrected chi connectivity index (χ3v) is 3.66. The second-order valence-corrected chi connectivity index (χ2v) is 6.80. The molecule has 0 aromatic heterocycles. The summed E-state index contributed by atoms with van der Waals surface area (Å²) in [7, 11) is 0. The number of carbonyl (C=O) groups excluding carboxylic acids is 1. The molecule has 2 aromatic rings. The van der Waals surface area contributed by atoms with Crippen molar-refractivity contribution in [2.45, 2.75) is 39.3 Å². The lowest BCUT2D eigenvalue weighted by molar-refractivity contribution is -0.120. The van der Waals surface area contributed by atoms with Crippen molar-refractivity contribution in [1.29, 1.82) is 0 Å². The van der Waals surface area contributed by atoms with E-state index in [1.54, 1.807) is 0 Å². The number of hydrogen-bond donors (Lipinski definition) is 2. The molecular formula is C20H26N2O2. The topological polar surface area (TPSA) is 64.3 Å². The summed E-state index contributed by atoms with van der Waals surface area (Å²) in [5, 5.41) is 2.85. The Balaban J connectivity index is 1.91. The van der Waals surface area contributed by atoms with Crippen molar-refractivity contribution in [3.63, 3.8) is 0 Å². The van der Waals surface area contributed by atoms with Crippen LogP contribution in [0.5, 0.6) is 5.75 Å². The molecule has 1 amide bonds. The molecule has 0 radical (unpaired) electrons. The lowest BCUT2D eigenvalue weighted by Crippen LogP contribution is -2.45. The van der Waals surface area contributed by atoms with Gasteiger partial charge in [0, 0.05) is 12.1 Å². The Labute approximate surface area is 144 Å². The van der Waals surface area contributed by atoms with E-state index in [0.29, 0.717) is 19.6 Å². The highest BCUT2D eigenvalue weighted by Crippen LogP contribution is 2.17. The quantitative estimate of drug-likeness (QED) is 0.822. The van der Waals surface area contributed by atoms with Gasteiger partial charge in [-0.3, -0.25) is 4.79 Å². The summed E-state index contributed by atoms with van der Waals surface area (Å²) in [5.41, 5.74) is 8.75. The van der Waals surface area contributed by atoms with Gasteiger partial charge < -0.3 is 15.8 Å². The molecule has 24 heavy (non-hydrogen) atoms. The highest BCUT2D eigenvalue weighted by atomic mass is 16.5. The summed E-state index contributed by atoms with van der Waals surface area (Å²) in [5.74, 6) is 0.729. The van der Waals surface area contributed by atoms with E-state index >= 15 is 0 Å². The number of nitrogens with one attached hydrogen (secondary N) is 1. The van der Waals surface area contributed by atoms with Crippen molar-refractivity contribution < 1.29 is 9.53 Å². The lowest BCUT2D eigenvalue weighted by Gasteiger charge is -2.18. The van der Waals surface area contributed by atoms with Crippen LogP contribution in [-0.4, -0.2) is 18.0 Å². The van der Waals surface area contributed by atoms with Crippen molar-refractivity contribution in [3.05, 3.63) is 65.2 Å². The van der Waals surface area contributed by atoms with Crippen LogP contribution < -0.4 is 15.8 Å². The second kappa shape index (κ2) is 7.97. The highest BCUT2D eigenvalue weighted by molar-refractivity contribution is 5.78. The molecule has 0 saturated heterocycles. The minimum atomic E-state index is -0.409. The van der Waals surface area contributed by atoms with E-state index in [-0.39, 0.29) is 5.91 Å². The van der Waals surface area contributed by atoms with Crippen molar-refractivity contribution >= 4 is 5.91 Å². The molecule has 0 spiro atoms. The average molecular weight is 326 g/mol. The van der Waals surface area contributed by atoms with Crippen LogP contribution in [0.4, 0.5) is 0 Å². The minimum Gasteiger partial charge on any atom is -0.489 e. The molecular weight excluding hydrogens is 300 g/mol. The van der Waals surface area contributed by atoms with E-state index < -0.39 is 5.54 Å². The van der Waals surface area contributed by atoms with Gasteiger partial charge in [0.05, 0.1) is 6.42 Å². The highest BCUT2D eigenvalue weighted by Gasteiger charge is 2.12. The van der Waals surface area contributed by atoms with Gasteiger partial charge in [-0.15, -0.1) is 0 Å². The first-order chi connectivity index (χ1) is 11.3. The van der Waals surface area contributed by atoms with E-state index in [0.717, 1.165) is 16.9 Å². The van der Waals surface area contributed by atoms with Gasteiger partial charge in [0.15, 0.2) is 0 Å². The lowest BCUT2D eigenvalue weighted by atomic mass is 10.1. The predicted octanol–water partition coefficient (Wildman–Crippen LogP) is 2.97. The van der Waals surface area contributed by atoms with Gasteiger partial charge in [0.2, 0.25) is 5.91 Å². The summed E-state index contributed by atoms with van der Waals surface area (Å²) < 4.78 is 5.86. The molecule has 0 saturated carbocycles. The molecule has 2 rings (SSSR count). The Hall–Kier alpha value is -2.33. The maximum absolute atomic E-state index is 12.0. The number of nitrogens with two attached hydrogens (primary N) is 1. The van der Waals surface area contributed by atoms with Crippen molar-refractivity contribution in [1.82, 2.24) is 5.32 Å². The summed E-state index contributed by atoms with van der Waals surface area (Å²) in [6.45, 7) is 6.80. The third kappa shape index (κ3) is 6.05. The zero-order valence-corrected chi connectivity index (χ0v) is 14.6. The van der Waals surface area contributed by atoms with E-state index in [4.69, 9.17) is 10.5 Å². The molecule has 0 bridgehead atoms. The van der Waals surface area contributed by atoms with Crippen molar-refractivity contribution in [3.8, 4) is 5.75 Å². The summed E-state index contributed by atoms with van der Waals surface area (Å²) in [4.78, 5) is 12.0. The van der Waals surface area contributed by atoms with Crippen LogP contribution >= 0.6 is 0 Å². The van der Waals surface area contributed by atoms with Crippen LogP contribution in [0.2, 0.25) is 0 Å². The Morgan fingerprint density at radius 1 is 1.17 bits per heavy atom. The maximum atomic E-state index is 12.0. The molecule has 0 unspecified atom stereocenters. The third-order valence-electron chi connectivity index (χ3n) is 3.66.